The third kappa shape index (κ3) is 3.28. The summed E-state index contributed by atoms with van der Waals surface area (Å²) in [6.45, 7) is 0. The van der Waals surface area contributed by atoms with E-state index in [4.69, 9.17) is 0 Å². The highest BCUT2D eigenvalue weighted by Crippen LogP contribution is 2.38. The average molecular weight is 362 g/mol. The van der Waals surface area contributed by atoms with Crippen LogP contribution < -0.4 is 0 Å². The van der Waals surface area contributed by atoms with Crippen LogP contribution in [0.5, 0.6) is 0 Å². The molecule has 27 heavy (non-hydrogen) atoms. The quantitative estimate of drug-likeness (QED) is 0.629. The molecule has 3 rings (SSSR count). The molecule has 3 N–H and O–H groups in total. The second-order valence-corrected chi connectivity index (χ2v) is 5.73. The lowest BCUT2D eigenvalue weighted by atomic mass is 9.86. The number of carbonyl (C=O) groups is 3. The van der Waals surface area contributed by atoms with E-state index in [0.717, 1.165) is 0 Å². The Balaban J connectivity index is 2.44. The molecule has 0 amide bonds. The fraction of sp³-hybridized carbons (Fsp3) is 0. The number of rotatable bonds is 5. The summed E-state index contributed by atoms with van der Waals surface area (Å²) in [5, 5.41) is 28.7. The van der Waals surface area contributed by atoms with Crippen molar-refractivity contribution in [1.29, 1.82) is 0 Å². The van der Waals surface area contributed by atoms with Crippen LogP contribution in [0.2, 0.25) is 0 Å². The van der Waals surface area contributed by atoms with Gasteiger partial charge < -0.3 is 15.3 Å². The predicted octanol–water partition coefficient (Wildman–Crippen LogP) is 4.12. The summed E-state index contributed by atoms with van der Waals surface area (Å²) >= 11 is 0. The molecule has 0 aliphatic carbocycles. The Morgan fingerprint density at radius 3 is 1.44 bits per heavy atom. The lowest BCUT2D eigenvalue weighted by Crippen LogP contribution is -2.07. The van der Waals surface area contributed by atoms with E-state index in [0.29, 0.717) is 11.1 Å². The molecule has 0 atom stereocenters. The maximum Gasteiger partial charge on any atom is 0.336 e. The Morgan fingerprint density at radius 1 is 0.481 bits per heavy atom. The van der Waals surface area contributed by atoms with E-state index in [2.05, 4.69) is 0 Å². The SMILES string of the molecule is O=C(O)c1ccccc1-c1cccc(C(=O)O)c1-c1ccccc1C(=O)O. The second-order valence-electron chi connectivity index (χ2n) is 5.73. The Hall–Kier alpha value is -3.93. The monoisotopic (exact) mass is 362 g/mol. The zero-order chi connectivity index (χ0) is 19.6. The third-order valence-corrected chi connectivity index (χ3v) is 4.17. The third-order valence-electron chi connectivity index (χ3n) is 4.17. The molecule has 0 spiro atoms. The van der Waals surface area contributed by atoms with E-state index in [1.165, 1.54) is 30.3 Å². The van der Waals surface area contributed by atoms with Crippen LogP contribution in [0.4, 0.5) is 0 Å². The van der Waals surface area contributed by atoms with Gasteiger partial charge in [-0.15, -0.1) is 0 Å². The molecule has 0 saturated carbocycles. The fourth-order valence-corrected chi connectivity index (χ4v) is 3.04. The lowest BCUT2D eigenvalue weighted by Gasteiger charge is -2.16. The van der Waals surface area contributed by atoms with Gasteiger partial charge in [0.15, 0.2) is 0 Å². The summed E-state index contributed by atoms with van der Waals surface area (Å²) in [5.74, 6) is -3.60. The minimum absolute atomic E-state index is 0.00547. The molecule has 3 aromatic carbocycles. The molecule has 0 aliphatic heterocycles. The molecule has 0 saturated heterocycles. The maximum absolute atomic E-state index is 11.8. The smallest absolute Gasteiger partial charge is 0.336 e. The number of carboxylic acid groups (broad SMARTS) is 3. The van der Waals surface area contributed by atoms with Gasteiger partial charge in [-0.05, 0) is 34.9 Å². The van der Waals surface area contributed by atoms with Crippen molar-refractivity contribution in [1.82, 2.24) is 0 Å². The summed E-state index contributed by atoms with van der Waals surface area (Å²) in [6.07, 6.45) is 0. The van der Waals surface area contributed by atoms with Gasteiger partial charge in [0.2, 0.25) is 0 Å². The molecule has 134 valence electrons. The Labute approximate surface area is 154 Å². The second kappa shape index (κ2) is 7.13. The predicted molar refractivity (Wildman–Crippen MR) is 98.2 cm³/mol. The lowest BCUT2D eigenvalue weighted by molar-refractivity contribution is 0.0684. The minimum Gasteiger partial charge on any atom is -0.478 e. The topological polar surface area (TPSA) is 112 Å². The highest BCUT2D eigenvalue weighted by Gasteiger charge is 2.23. The molecule has 0 fully saturated rings. The summed E-state index contributed by atoms with van der Waals surface area (Å²) in [6, 6.07) is 16.7. The van der Waals surface area contributed by atoms with Crippen molar-refractivity contribution in [3.63, 3.8) is 0 Å². The van der Waals surface area contributed by atoms with E-state index in [9.17, 15) is 29.7 Å². The first-order chi connectivity index (χ1) is 12.9. The van der Waals surface area contributed by atoms with Crippen molar-refractivity contribution >= 4 is 17.9 Å². The van der Waals surface area contributed by atoms with Gasteiger partial charge >= 0.3 is 17.9 Å². The number of carboxylic acids is 3. The number of hydrogen-bond donors (Lipinski definition) is 3. The summed E-state index contributed by atoms with van der Waals surface area (Å²) < 4.78 is 0. The zero-order valence-corrected chi connectivity index (χ0v) is 13.9. The van der Waals surface area contributed by atoms with Gasteiger partial charge in [0.05, 0.1) is 16.7 Å². The molecular weight excluding hydrogens is 348 g/mol. The van der Waals surface area contributed by atoms with E-state index in [1.807, 2.05) is 0 Å². The van der Waals surface area contributed by atoms with Gasteiger partial charge in [0.25, 0.3) is 0 Å². The average Bonchev–Trinajstić information content (AvgIpc) is 2.67. The van der Waals surface area contributed by atoms with Crippen LogP contribution in [-0.2, 0) is 0 Å². The van der Waals surface area contributed by atoms with Gasteiger partial charge in [-0.1, -0.05) is 48.5 Å². The van der Waals surface area contributed by atoms with Crippen molar-refractivity contribution in [2.24, 2.45) is 0 Å². The van der Waals surface area contributed by atoms with Crippen LogP contribution in [0.1, 0.15) is 31.1 Å². The molecule has 6 heteroatoms. The van der Waals surface area contributed by atoms with E-state index >= 15 is 0 Å². The van der Waals surface area contributed by atoms with Gasteiger partial charge in [0, 0.05) is 5.56 Å². The Morgan fingerprint density at radius 2 is 0.889 bits per heavy atom. The number of benzene rings is 3. The van der Waals surface area contributed by atoms with Gasteiger partial charge in [-0.25, -0.2) is 14.4 Å². The number of hydrogen-bond acceptors (Lipinski definition) is 3. The summed E-state index contributed by atoms with van der Waals surface area (Å²) in [4.78, 5) is 35.1. The normalized spacial score (nSPS) is 10.4. The van der Waals surface area contributed by atoms with Crippen LogP contribution >= 0.6 is 0 Å². The Kier molecular flexibility index (Phi) is 4.72. The van der Waals surface area contributed by atoms with E-state index < -0.39 is 17.9 Å². The van der Waals surface area contributed by atoms with Crippen molar-refractivity contribution in [3.8, 4) is 22.3 Å². The summed E-state index contributed by atoms with van der Waals surface area (Å²) in [5.41, 5.74) is 0.829. The number of aromatic carboxylic acids is 3. The first-order valence-corrected chi connectivity index (χ1v) is 7.93. The first-order valence-electron chi connectivity index (χ1n) is 7.93. The molecular formula is C21H14O6. The first kappa shape index (κ1) is 17.9. The van der Waals surface area contributed by atoms with Crippen molar-refractivity contribution < 1.29 is 29.7 Å². The van der Waals surface area contributed by atoms with E-state index in [1.54, 1.807) is 36.4 Å². The van der Waals surface area contributed by atoms with Crippen LogP contribution in [0, 0.1) is 0 Å². The van der Waals surface area contributed by atoms with Crippen LogP contribution in [-0.4, -0.2) is 33.2 Å². The zero-order valence-electron chi connectivity index (χ0n) is 13.9. The largest absolute Gasteiger partial charge is 0.478 e. The molecule has 0 bridgehead atoms. The van der Waals surface area contributed by atoms with Crippen molar-refractivity contribution in [2.75, 3.05) is 0 Å². The minimum atomic E-state index is -1.24. The highest BCUT2D eigenvalue weighted by atomic mass is 16.4. The maximum atomic E-state index is 11.8. The van der Waals surface area contributed by atoms with E-state index in [-0.39, 0.29) is 27.8 Å². The van der Waals surface area contributed by atoms with Gasteiger partial charge in [-0.3, -0.25) is 0 Å². The molecule has 0 aliphatic rings. The van der Waals surface area contributed by atoms with Crippen molar-refractivity contribution in [2.45, 2.75) is 0 Å². The van der Waals surface area contributed by atoms with Crippen LogP contribution in [0.3, 0.4) is 0 Å². The highest BCUT2D eigenvalue weighted by molar-refractivity contribution is 6.08. The summed E-state index contributed by atoms with van der Waals surface area (Å²) in [7, 11) is 0. The molecule has 0 unspecified atom stereocenters. The molecule has 0 heterocycles. The molecule has 0 radical (unpaired) electrons. The Bertz CT molecular complexity index is 1070. The van der Waals surface area contributed by atoms with Crippen LogP contribution in [0.15, 0.2) is 66.7 Å². The fourth-order valence-electron chi connectivity index (χ4n) is 3.04. The van der Waals surface area contributed by atoms with Gasteiger partial charge in [0.1, 0.15) is 0 Å². The van der Waals surface area contributed by atoms with Crippen LogP contribution in [0.25, 0.3) is 22.3 Å². The molecule has 0 aromatic heterocycles. The van der Waals surface area contributed by atoms with Crippen molar-refractivity contribution in [3.05, 3.63) is 83.4 Å². The molecule has 6 nitrogen and oxygen atoms in total. The van der Waals surface area contributed by atoms with Gasteiger partial charge in [-0.2, -0.15) is 0 Å². The standard InChI is InChI=1S/C21H14O6/c22-19(23)15-8-3-1-6-12(15)13-10-5-11-17(21(26)27)18(13)14-7-2-4-9-16(14)20(24)25/h1-11H,(H,22,23)(H,24,25)(H,26,27). The molecule has 3 aromatic rings.